The van der Waals surface area contributed by atoms with Crippen molar-refractivity contribution >= 4 is 60.7 Å². The number of furan rings is 1. The predicted octanol–water partition coefficient (Wildman–Crippen LogP) is 15.6. The maximum Gasteiger partial charge on any atom is 0.161 e. The van der Waals surface area contributed by atoms with Crippen LogP contribution in [0.3, 0.4) is 0 Å². The quantitative estimate of drug-likeness (QED) is 0.168. The Morgan fingerprint density at radius 3 is 1.84 bits per heavy atom. The first kappa shape index (κ1) is 36.4. The van der Waals surface area contributed by atoms with Crippen molar-refractivity contribution in [3.63, 3.8) is 0 Å². The Kier molecular flexibility index (Phi) is 8.19. The van der Waals surface area contributed by atoms with Gasteiger partial charge in [0.1, 0.15) is 11.2 Å². The molecule has 0 spiro atoms. The topological polar surface area (TPSA) is 48.8 Å². The summed E-state index contributed by atoms with van der Waals surface area (Å²) in [5.41, 5.74) is 17.3. The second-order valence-corrected chi connectivity index (χ2v) is 17.0. The van der Waals surface area contributed by atoms with Crippen LogP contribution >= 0.6 is 0 Å². The van der Waals surface area contributed by atoms with Crippen LogP contribution in [0, 0.1) is 0 Å². The Labute approximate surface area is 369 Å². The molecule has 5 nitrogen and oxygen atoms in total. The monoisotopic (exact) mass is 820 g/mol. The van der Waals surface area contributed by atoms with Gasteiger partial charge >= 0.3 is 0 Å². The summed E-state index contributed by atoms with van der Waals surface area (Å²) in [6.45, 7) is 2.34. The van der Waals surface area contributed by atoms with Gasteiger partial charge in [-0.2, -0.15) is 0 Å². The summed E-state index contributed by atoms with van der Waals surface area (Å²) in [7, 11) is 0. The van der Waals surface area contributed by atoms with Crippen molar-refractivity contribution in [2.24, 2.45) is 0 Å². The Hall–Kier alpha value is -8.28. The standard InChI is InChI=1S/C59H40N4O/c1-37-15-13-23-45-49-34-41(40-27-31-53-48(33-40)44-22-11-12-25-52(44)62(53)42-20-9-4-10-21-42)28-32-54(49)63(58(37)45)43-29-30-46-56(35-43)64-55-26-14-24-47(57(46)55)59-60-50(38-16-5-2-6-17-38)36-51(61-59)39-18-7-3-8-19-39/h2-14,16-37H,15H2,1H3. The molecule has 302 valence electrons. The second kappa shape index (κ2) is 14.4. The van der Waals surface area contributed by atoms with E-state index in [2.05, 4.69) is 204 Å². The van der Waals surface area contributed by atoms with Gasteiger partial charge in [-0.25, -0.2) is 9.97 Å². The molecule has 4 heterocycles. The average Bonchev–Trinajstić information content (AvgIpc) is 4.02. The first-order chi connectivity index (χ1) is 31.6. The van der Waals surface area contributed by atoms with E-state index in [0.29, 0.717) is 11.7 Å². The molecule has 13 rings (SSSR count). The summed E-state index contributed by atoms with van der Waals surface area (Å²) in [4.78, 5) is 10.4. The van der Waals surface area contributed by atoms with Gasteiger partial charge in [0.15, 0.2) is 5.82 Å². The van der Waals surface area contributed by atoms with Crippen molar-refractivity contribution in [3.05, 3.63) is 211 Å². The van der Waals surface area contributed by atoms with E-state index in [9.17, 15) is 0 Å². The van der Waals surface area contributed by atoms with Crippen LogP contribution in [0.1, 0.15) is 30.5 Å². The summed E-state index contributed by atoms with van der Waals surface area (Å²) in [5.74, 6) is 1.00. The van der Waals surface area contributed by atoms with Crippen LogP contribution in [-0.4, -0.2) is 19.1 Å². The minimum Gasteiger partial charge on any atom is -0.456 e. The number of aromatic nitrogens is 4. The van der Waals surface area contributed by atoms with Gasteiger partial charge in [0.2, 0.25) is 0 Å². The average molecular weight is 821 g/mol. The Bertz CT molecular complexity index is 3760. The lowest BCUT2D eigenvalue weighted by Crippen LogP contribution is -2.06. The maximum absolute atomic E-state index is 6.75. The molecule has 5 heteroatoms. The van der Waals surface area contributed by atoms with E-state index >= 15 is 0 Å². The fourth-order valence-corrected chi connectivity index (χ4v) is 10.2. The van der Waals surface area contributed by atoms with Crippen molar-refractivity contribution in [2.75, 3.05) is 0 Å². The highest BCUT2D eigenvalue weighted by Crippen LogP contribution is 2.44. The molecular weight excluding hydrogens is 781 g/mol. The third-order valence-electron chi connectivity index (χ3n) is 13.2. The minimum atomic E-state index is 0.335. The third kappa shape index (κ3) is 5.71. The lowest BCUT2D eigenvalue weighted by atomic mass is 9.92. The molecule has 4 aromatic heterocycles. The lowest BCUT2D eigenvalue weighted by molar-refractivity contribution is 0.668. The zero-order chi connectivity index (χ0) is 42.3. The van der Waals surface area contributed by atoms with Gasteiger partial charge in [-0.15, -0.1) is 0 Å². The molecule has 12 aromatic rings. The normalized spacial score (nSPS) is 13.7. The van der Waals surface area contributed by atoms with E-state index in [4.69, 9.17) is 14.4 Å². The number of allylic oxidation sites excluding steroid dienone is 1. The predicted molar refractivity (Wildman–Crippen MR) is 264 cm³/mol. The van der Waals surface area contributed by atoms with Gasteiger partial charge in [-0.05, 0) is 84.3 Å². The minimum absolute atomic E-state index is 0.335. The molecule has 0 fully saturated rings. The van der Waals surface area contributed by atoms with Crippen LogP contribution in [0.4, 0.5) is 0 Å². The lowest BCUT2D eigenvalue weighted by Gasteiger charge is -2.19. The van der Waals surface area contributed by atoms with E-state index in [0.717, 1.165) is 67.8 Å². The van der Waals surface area contributed by atoms with E-state index in [-0.39, 0.29) is 0 Å². The van der Waals surface area contributed by atoms with Crippen LogP contribution in [-0.2, 0) is 0 Å². The Balaban J connectivity index is 0.946. The van der Waals surface area contributed by atoms with Gasteiger partial charge in [0, 0.05) is 78.2 Å². The molecule has 0 saturated carbocycles. The van der Waals surface area contributed by atoms with Gasteiger partial charge in [-0.3, -0.25) is 0 Å². The molecule has 0 N–H and O–H groups in total. The van der Waals surface area contributed by atoms with Crippen LogP contribution in [0.2, 0.25) is 0 Å². The number of benzene rings is 8. The van der Waals surface area contributed by atoms with Gasteiger partial charge in [-0.1, -0.05) is 140 Å². The summed E-state index contributed by atoms with van der Waals surface area (Å²) in [6.07, 6.45) is 5.64. The van der Waals surface area contributed by atoms with Gasteiger partial charge < -0.3 is 13.6 Å². The second-order valence-electron chi connectivity index (χ2n) is 17.0. The van der Waals surface area contributed by atoms with Crippen molar-refractivity contribution in [1.82, 2.24) is 19.1 Å². The van der Waals surface area contributed by atoms with Crippen molar-refractivity contribution < 1.29 is 4.42 Å². The SMILES string of the molecule is CC1CC=Cc2c1n(-c1ccc3c(c1)oc1cccc(-c4nc(-c5ccccc5)cc(-c5ccccc5)n4)c13)c1ccc(-c3ccc4c(c3)c3ccccc3n4-c3ccccc3)cc21. The molecule has 0 amide bonds. The van der Waals surface area contributed by atoms with Gasteiger partial charge in [0.05, 0.1) is 27.9 Å². The maximum atomic E-state index is 6.75. The number of nitrogens with zero attached hydrogens (tertiary/aromatic N) is 4. The van der Waals surface area contributed by atoms with E-state index in [1.165, 1.54) is 55.1 Å². The molecule has 8 aromatic carbocycles. The molecule has 1 atom stereocenters. The number of hydrogen-bond acceptors (Lipinski definition) is 3. The number of rotatable bonds is 6. The first-order valence-corrected chi connectivity index (χ1v) is 22.0. The Morgan fingerprint density at radius 2 is 1.11 bits per heavy atom. The van der Waals surface area contributed by atoms with Crippen LogP contribution in [0.5, 0.6) is 0 Å². The van der Waals surface area contributed by atoms with Crippen LogP contribution < -0.4 is 0 Å². The van der Waals surface area contributed by atoms with Crippen LogP contribution in [0.15, 0.2) is 205 Å². The fraction of sp³-hybridized carbons (Fsp3) is 0.0508. The zero-order valence-corrected chi connectivity index (χ0v) is 35.1. The fourth-order valence-electron chi connectivity index (χ4n) is 10.2. The van der Waals surface area contributed by atoms with E-state index in [1.807, 2.05) is 18.2 Å². The molecule has 1 aliphatic carbocycles. The zero-order valence-electron chi connectivity index (χ0n) is 35.1. The molecule has 64 heavy (non-hydrogen) atoms. The highest BCUT2D eigenvalue weighted by Gasteiger charge is 2.25. The van der Waals surface area contributed by atoms with Crippen LogP contribution in [0.25, 0.3) is 117 Å². The molecule has 0 bridgehead atoms. The summed E-state index contributed by atoms with van der Waals surface area (Å²) in [5, 5.41) is 5.80. The Morgan fingerprint density at radius 1 is 0.469 bits per heavy atom. The molecule has 0 radical (unpaired) electrons. The van der Waals surface area contributed by atoms with Crippen molar-refractivity contribution in [1.29, 1.82) is 0 Å². The molecule has 0 saturated heterocycles. The van der Waals surface area contributed by atoms with E-state index < -0.39 is 0 Å². The largest absolute Gasteiger partial charge is 0.456 e. The van der Waals surface area contributed by atoms with E-state index in [1.54, 1.807) is 0 Å². The smallest absolute Gasteiger partial charge is 0.161 e. The molecular formula is C59H40N4O. The highest BCUT2D eigenvalue weighted by atomic mass is 16.3. The van der Waals surface area contributed by atoms with Gasteiger partial charge in [0.25, 0.3) is 0 Å². The summed E-state index contributed by atoms with van der Waals surface area (Å²) in [6, 6.07) is 69.0. The number of fused-ring (bicyclic) bond motifs is 9. The summed E-state index contributed by atoms with van der Waals surface area (Å²) < 4.78 is 11.6. The molecule has 1 unspecified atom stereocenters. The molecule has 0 aliphatic heterocycles. The molecule has 1 aliphatic rings. The van der Waals surface area contributed by atoms with Crippen molar-refractivity contribution in [2.45, 2.75) is 19.3 Å². The third-order valence-corrected chi connectivity index (χ3v) is 13.2. The highest BCUT2D eigenvalue weighted by molar-refractivity contribution is 6.13. The summed E-state index contributed by atoms with van der Waals surface area (Å²) >= 11 is 0. The first-order valence-electron chi connectivity index (χ1n) is 22.0. The number of para-hydroxylation sites is 2. The number of hydrogen-bond donors (Lipinski definition) is 0. The van der Waals surface area contributed by atoms with Crippen molar-refractivity contribution in [3.8, 4) is 56.4 Å².